The Bertz CT molecular complexity index is 1060. The molecule has 1 N–H and O–H groups in total. The number of hydrogen-bond acceptors (Lipinski definition) is 4. The van der Waals surface area contributed by atoms with Crippen molar-refractivity contribution in [3.05, 3.63) is 66.4 Å². The van der Waals surface area contributed by atoms with E-state index in [0.29, 0.717) is 24.1 Å². The van der Waals surface area contributed by atoms with E-state index < -0.39 is 0 Å². The average molecular weight is 464 g/mol. The molecule has 34 heavy (non-hydrogen) atoms. The minimum Gasteiger partial charge on any atom is -0.410 e. The minimum absolute atomic E-state index is 0.0621. The molecule has 6 heteroatoms. The summed E-state index contributed by atoms with van der Waals surface area (Å²) >= 11 is 0. The molecule has 3 aromatic rings. The van der Waals surface area contributed by atoms with Gasteiger partial charge in [-0.25, -0.2) is 4.79 Å². The number of aryl methyl sites for hydroxylation is 1. The van der Waals surface area contributed by atoms with Crippen LogP contribution in [0.3, 0.4) is 0 Å². The van der Waals surface area contributed by atoms with Gasteiger partial charge in [0.05, 0.1) is 5.52 Å². The lowest BCUT2D eigenvalue weighted by Crippen LogP contribution is -2.43. The summed E-state index contributed by atoms with van der Waals surface area (Å²) in [6.45, 7) is 8.30. The summed E-state index contributed by atoms with van der Waals surface area (Å²) in [5, 5.41) is 4.67. The van der Waals surface area contributed by atoms with E-state index in [-0.39, 0.29) is 12.1 Å². The van der Waals surface area contributed by atoms with Crippen molar-refractivity contribution in [3.8, 4) is 5.75 Å². The number of fused-ring (bicyclic) bond motifs is 1. The summed E-state index contributed by atoms with van der Waals surface area (Å²) in [6, 6.07) is 18.6. The summed E-state index contributed by atoms with van der Waals surface area (Å²) in [6.07, 6.45) is 3.75. The van der Waals surface area contributed by atoms with Crippen molar-refractivity contribution < 1.29 is 14.3 Å². The Morgan fingerprint density at radius 1 is 1.12 bits per heavy atom. The van der Waals surface area contributed by atoms with Gasteiger partial charge in [0.25, 0.3) is 0 Å². The zero-order valence-electron chi connectivity index (χ0n) is 20.6. The van der Waals surface area contributed by atoms with E-state index >= 15 is 0 Å². The quantitative estimate of drug-likeness (QED) is 0.432. The Morgan fingerprint density at radius 3 is 2.68 bits per heavy atom. The van der Waals surface area contributed by atoms with E-state index in [1.165, 1.54) is 5.56 Å². The van der Waals surface area contributed by atoms with Crippen LogP contribution in [0.15, 0.2) is 60.8 Å². The fourth-order valence-corrected chi connectivity index (χ4v) is 4.87. The fraction of sp³-hybridized carbons (Fsp3) is 0.464. The van der Waals surface area contributed by atoms with Crippen LogP contribution in [0, 0.1) is 11.8 Å². The van der Waals surface area contributed by atoms with Crippen LogP contribution in [0.4, 0.5) is 4.79 Å². The largest absolute Gasteiger partial charge is 0.415 e. The van der Waals surface area contributed by atoms with Crippen LogP contribution in [-0.4, -0.2) is 55.0 Å². The van der Waals surface area contributed by atoms with Crippen molar-refractivity contribution in [1.82, 2.24) is 14.8 Å². The van der Waals surface area contributed by atoms with Gasteiger partial charge in [0.1, 0.15) is 5.75 Å². The minimum atomic E-state index is -0.280. The lowest BCUT2D eigenvalue weighted by molar-refractivity contribution is 0.125. The van der Waals surface area contributed by atoms with E-state index in [2.05, 4.69) is 66.3 Å². The van der Waals surface area contributed by atoms with Gasteiger partial charge in [-0.3, -0.25) is 0 Å². The number of amides is 1. The van der Waals surface area contributed by atoms with Crippen LogP contribution >= 0.6 is 0 Å². The van der Waals surface area contributed by atoms with Gasteiger partial charge in [-0.15, -0.1) is 0 Å². The maximum atomic E-state index is 13.2. The highest BCUT2D eigenvalue weighted by Crippen LogP contribution is 2.26. The van der Waals surface area contributed by atoms with Crippen LogP contribution in [0.25, 0.3) is 10.9 Å². The molecule has 0 bridgehead atoms. The molecule has 1 aliphatic heterocycles. The lowest BCUT2D eigenvalue weighted by Gasteiger charge is -2.30. The highest BCUT2D eigenvalue weighted by atomic mass is 16.6. The van der Waals surface area contributed by atoms with Gasteiger partial charge in [-0.2, -0.15) is 0 Å². The van der Waals surface area contributed by atoms with Crippen LogP contribution < -0.4 is 10.1 Å². The third-order valence-electron chi connectivity index (χ3n) is 6.81. The molecule has 4 rings (SSSR count). The third kappa shape index (κ3) is 5.99. The number of rotatable bonds is 10. The van der Waals surface area contributed by atoms with E-state index in [9.17, 15) is 4.79 Å². The molecule has 1 saturated heterocycles. The van der Waals surface area contributed by atoms with Gasteiger partial charge < -0.3 is 24.3 Å². The van der Waals surface area contributed by atoms with Gasteiger partial charge in [-0.05, 0) is 80.8 Å². The van der Waals surface area contributed by atoms with Crippen LogP contribution in [0.2, 0.25) is 0 Å². The molecule has 1 fully saturated rings. The van der Waals surface area contributed by atoms with Gasteiger partial charge in [0, 0.05) is 45.1 Å². The molecular formula is C28H37N3O3. The maximum absolute atomic E-state index is 13.2. The first kappa shape index (κ1) is 24.3. The Kier molecular flexibility index (Phi) is 8.25. The molecule has 6 nitrogen and oxygen atoms in total. The number of nitrogens with one attached hydrogen (secondary N) is 1. The summed E-state index contributed by atoms with van der Waals surface area (Å²) in [5.74, 6) is 1.49. The third-order valence-corrected chi connectivity index (χ3v) is 6.81. The number of aromatic nitrogens is 1. The molecule has 2 aromatic carbocycles. The second kappa shape index (κ2) is 11.5. The molecule has 2 atom stereocenters. The standard InChI is InChI=1S/C28H37N3O3/c1-21(2)31(20-25-19-29-18-24(25)16-22-8-5-4-6-9-22)28(32)34-26-11-10-23-12-14-30(27(23)17-26)13-7-15-33-3/h4-6,8-12,14,17,21,24-25,29H,7,13,15-16,18-20H2,1-3H3/t24-,25+/m0/s1. The molecule has 0 aliphatic carbocycles. The van der Waals surface area contributed by atoms with Gasteiger partial charge in [0.2, 0.25) is 0 Å². The molecule has 0 unspecified atom stereocenters. The second-order valence-corrected chi connectivity index (χ2v) is 9.56. The molecule has 2 heterocycles. The van der Waals surface area contributed by atoms with Crippen molar-refractivity contribution in [2.24, 2.45) is 11.8 Å². The Balaban J connectivity index is 1.42. The first-order valence-corrected chi connectivity index (χ1v) is 12.4. The van der Waals surface area contributed by atoms with Crippen molar-refractivity contribution >= 4 is 17.0 Å². The molecule has 1 amide bonds. The summed E-state index contributed by atoms with van der Waals surface area (Å²) in [4.78, 5) is 15.1. The highest BCUT2D eigenvalue weighted by molar-refractivity contribution is 5.82. The number of carbonyl (C=O) groups excluding carboxylic acids is 1. The molecule has 0 spiro atoms. The van der Waals surface area contributed by atoms with E-state index in [4.69, 9.17) is 9.47 Å². The molecule has 1 aliphatic rings. The topological polar surface area (TPSA) is 55.7 Å². The smallest absolute Gasteiger partial charge is 0.410 e. The predicted molar refractivity (Wildman–Crippen MR) is 136 cm³/mol. The number of hydrogen-bond donors (Lipinski definition) is 1. The average Bonchev–Trinajstić information content (AvgIpc) is 3.44. The molecule has 0 saturated carbocycles. The van der Waals surface area contributed by atoms with Gasteiger partial charge >= 0.3 is 6.09 Å². The summed E-state index contributed by atoms with van der Waals surface area (Å²) in [5.41, 5.74) is 2.42. The monoisotopic (exact) mass is 463 g/mol. The lowest BCUT2D eigenvalue weighted by atomic mass is 9.89. The zero-order chi connectivity index (χ0) is 23.9. The first-order valence-electron chi connectivity index (χ1n) is 12.4. The van der Waals surface area contributed by atoms with Gasteiger partial charge in [-0.1, -0.05) is 30.3 Å². The van der Waals surface area contributed by atoms with Gasteiger partial charge in [0.15, 0.2) is 0 Å². The SMILES string of the molecule is COCCCn1ccc2ccc(OC(=O)N(C[C@H]3CNC[C@@H]3Cc3ccccc3)C(C)C)cc21. The van der Waals surface area contributed by atoms with Crippen molar-refractivity contribution in [2.45, 2.75) is 39.3 Å². The number of benzene rings is 2. The maximum Gasteiger partial charge on any atom is 0.415 e. The molecule has 1 aromatic heterocycles. The Hall–Kier alpha value is -2.83. The normalized spacial score (nSPS) is 18.0. The van der Waals surface area contributed by atoms with Crippen molar-refractivity contribution in [1.29, 1.82) is 0 Å². The van der Waals surface area contributed by atoms with Crippen LogP contribution in [-0.2, 0) is 17.7 Å². The number of nitrogens with zero attached hydrogens (tertiary/aromatic N) is 2. The van der Waals surface area contributed by atoms with E-state index in [1.54, 1.807) is 7.11 Å². The number of ether oxygens (including phenoxy) is 2. The molecule has 182 valence electrons. The highest BCUT2D eigenvalue weighted by Gasteiger charge is 2.32. The Labute approximate surface area is 202 Å². The molecular weight excluding hydrogens is 426 g/mol. The predicted octanol–water partition coefficient (Wildman–Crippen LogP) is 4.97. The number of carbonyl (C=O) groups is 1. The van der Waals surface area contributed by atoms with Crippen LogP contribution in [0.1, 0.15) is 25.8 Å². The number of methoxy groups -OCH3 is 1. The van der Waals surface area contributed by atoms with E-state index in [1.807, 2.05) is 23.1 Å². The van der Waals surface area contributed by atoms with E-state index in [0.717, 1.165) is 50.0 Å². The summed E-state index contributed by atoms with van der Waals surface area (Å²) < 4.78 is 13.3. The van der Waals surface area contributed by atoms with Crippen molar-refractivity contribution in [3.63, 3.8) is 0 Å². The molecule has 0 radical (unpaired) electrons. The Morgan fingerprint density at radius 2 is 1.91 bits per heavy atom. The first-order chi connectivity index (χ1) is 16.5. The summed E-state index contributed by atoms with van der Waals surface area (Å²) in [7, 11) is 1.72. The van der Waals surface area contributed by atoms with Crippen LogP contribution in [0.5, 0.6) is 5.75 Å². The fourth-order valence-electron chi connectivity index (χ4n) is 4.87. The second-order valence-electron chi connectivity index (χ2n) is 9.56. The van der Waals surface area contributed by atoms with Crippen molar-refractivity contribution in [2.75, 3.05) is 33.4 Å². The zero-order valence-corrected chi connectivity index (χ0v) is 20.6.